The second kappa shape index (κ2) is 58.9. The van der Waals surface area contributed by atoms with Crippen molar-refractivity contribution >= 4 is 19.8 Å². The third-order valence-corrected chi connectivity index (χ3v) is 15.9. The van der Waals surface area contributed by atoms with Crippen LogP contribution in [0.4, 0.5) is 0 Å². The van der Waals surface area contributed by atoms with Gasteiger partial charge in [-0.25, -0.2) is 0 Å². The molecule has 0 aromatic carbocycles. The van der Waals surface area contributed by atoms with Crippen LogP contribution in [0.25, 0.3) is 0 Å². The van der Waals surface area contributed by atoms with E-state index in [9.17, 15) is 19.0 Å². The molecule has 0 spiro atoms. The average Bonchev–Trinajstić information content (AvgIpc) is 3.39. The summed E-state index contributed by atoms with van der Waals surface area (Å²) in [6, 6.07) is 0. The molecule has 0 aliphatic carbocycles. The van der Waals surface area contributed by atoms with Gasteiger partial charge in [-0.3, -0.25) is 14.2 Å². The molecule has 0 saturated carbocycles. The van der Waals surface area contributed by atoms with Gasteiger partial charge >= 0.3 is 11.9 Å². The van der Waals surface area contributed by atoms with E-state index in [1.54, 1.807) is 0 Å². The van der Waals surface area contributed by atoms with Crippen LogP contribution in [0.5, 0.6) is 0 Å². The molecular weight excluding hydrogens is 978 g/mol. The van der Waals surface area contributed by atoms with E-state index in [-0.39, 0.29) is 32.0 Å². The molecule has 0 aromatic rings. The number of hydrogen-bond donors (Lipinski definition) is 0. The SMILES string of the molecule is CCCCCCC/C=C\C/C=C\C/C=C\CCCCCCCCCCCCCCCCC(=O)OC(COC(=O)CCCCCCCCCCCCCCCCCCCCCCCCCC)COP(=O)([O-])OCC[N+](C)(C)C. The Kier molecular flexibility index (Phi) is 57.5. The maximum absolute atomic E-state index is 12.8. The van der Waals surface area contributed by atoms with Gasteiger partial charge in [0.05, 0.1) is 27.7 Å². The molecule has 77 heavy (non-hydrogen) atoms. The lowest BCUT2D eigenvalue weighted by atomic mass is 10.0. The number of unbranched alkanes of at least 4 members (excludes halogenated alkanes) is 42. The number of phosphoric ester groups is 1. The third kappa shape index (κ3) is 63.3. The van der Waals surface area contributed by atoms with Crippen LogP contribution in [0, 0.1) is 0 Å². The van der Waals surface area contributed by atoms with Crippen molar-refractivity contribution in [2.75, 3.05) is 47.5 Å². The van der Waals surface area contributed by atoms with Gasteiger partial charge in [-0.2, -0.15) is 0 Å². The number of esters is 2. The van der Waals surface area contributed by atoms with E-state index in [1.165, 1.54) is 244 Å². The van der Waals surface area contributed by atoms with Crippen LogP contribution in [0.2, 0.25) is 0 Å². The highest BCUT2D eigenvalue weighted by Gasteiger charge is 2.22. The fourth-order valence-corrected chi connectivity index (χ4v) is 10.5. The highest BCUT2D eigenvalue weighted by molar-refractivity contribution is 7.45. The van der Waals surface area contributed by atoms with Gasteiger partial charge in [0.1, 0.15) is 19.8 Å². The minimum absolute atomic E-state index is 0.0286. The number of carbonyl (C=O) groups is 2. The van der Waals surface area contributed by atoms with Gasteiger partial charge in [-0.05, 0) is 51.4 Å². The molecule has 454 valence electrons. The molecule has 0 aliphatic heterocycles. The van der Waals surface area contributed by atoms with Crippen LogP contribution < -0.4 is 4.89 Å². The van der Waals surface area contributed by atoms with Gasteiger partial charge < -0.3 is 27.9 Å². The Morgan fingerprint density at radius 3 is 1.04 bits per heavy atom. The first-order valence-corrected chi connectivity index (χ1v) is 34.7. The fourth-order valence-electron chi connectivity index (χ4n) is 9.79. The Morgan fingerprint density at radius 1 is 0.403 bits per heavy atom. The number of carbonyl (C=O) groups excluding carboxylic acids is 2. The normalized spacial score (nSPS) is 13.4. The Labute approximate surface area is 478 Å². The van der Waals surface area contributed by atoms with Crippen molar-refractivity contribution < 1.29 is 42.1 Å². The van der Waals surface area contributed by atoms with Crippen molar-refractivity contribution in [1.29, 1.82) is 0 Å². The predicted molar refractivity (Wildman–Crippen MR) is 328 cm³/mol. The summed E-state index contributed by atoms with van der Waals surface area (Å²) in [5, 5.41) is 0. The molecule has 0 aliphatic rings. The van der Waals surface area contributed by atoms with Crippen molar-refractivity contribution in [3.8, 4) is 0 Å². The molecular formula is C67H128NO8P. The molecule has 0 fully saturated rings. The lowest BCUT2D eigenvalue weighted by Crippen LogP contribution is -2.37. The van der Waals surface area contributed by atoms with Gasteiger partial charge in [0.2, 0.25) is 0 Å². The Balaban J connectivity index is 4.05. The summed E-state index contributed by atoms with van der Waals surface area (Å²) in [7, 11) is 1.18. The summed E-state index contributed by atoms with van der Waals surface area (Å²) < 4.78 is 34.3. The third-order valence-electron chi connectivity index (χ3n) is 14.9. The zero-order chi connectivity index (χ0) is 56.3. The van der Waals surface area contributed by atoms with Crippen molar-refractivity contribution in [1.82, 2.24) is 0 Å². The summed E-state index contributed by atoms with van der Waals surface area (Å²) in [5.41, 5.74) is 0. The highest BCUT2D eigenvalue weighted by atomic mass is 31.2. The number of phosphoric acid groups is 1. The topological polar surface area (TPSA) is 111 Å². The highest BCUT2D eigenvalue weighted by Crippen LogP contribution is 2.38. The summed E-state index contributed by atoms with van der Waals surface area (Å²) in [4.78, 5) is 38.0. The lowest BCUT2D eigenvalue weighted by Gasteiger charge is -2.28. The van der Waals surface area contributed by atoms with E-state index in [2.05, 4.69) is 50.3 Å². The Bertz CT molecular complexity index is 1390. The summed E-state index contributed by atoms with van der Waals surface area (Å²) in [6.07, 6.45) is 73.5. The van der Waals surface area contributed by atoms with Gasteiger partial charge in [0.15, 0.2) is 6.10 Å². The van der Waals surface area contributed by atoms with E-state index in [4.69, 9.17) is 18.5 Å². The van der Waals surface area contributed by atoms with Gasteiger partial charge in [0.25, 0.3) is 7.82 Å². The van der Waals surface area contributed by atoms with Crippen LogP contribution >= 0.6 is 7.82 Å². The largest absolute Gasteiger partial charge is 0.756 e. The standard InChI is InChI=1S/C67H128NO8P/c1-6-8-10-12-14-16-18-20-22-24-26-28-30-32-33-34-35-36-38-40-42-44-46-48-50-52-54-56-58-60-67(70)76-65(64-75-77(71,72)74-62-61-68(3,4)5)63-73-66(69)59-57-55-53-51-49-47-45-43-41-39-37-31-29-27-25-23-21-19-17-15-13-11-9-7-2/h18,20,24,26,30,32,65H,6-17,19,21-23,25,27-29,31,33-64H2,1-5H3/b20-18-,26-24-,32-30-. The zero-order valence-electron chi connectivity index (χ0n) is 51.7. The number of ether oxygens (including phenoxy) is 2. The first-order chi connectivity index (χ1) is 37.5. The molecule has 0 aromatic heterocycles. The molecule has 10 heteroatoms. The Morgan fingerprint density at radius 2 is 0.701 bits per heavy atom. The van der Waals surface area contributed by atoms with Gasteiger partial charge in [-0.15, -0.1) is 0 Å². The van der Waals surface area contributed by atoms with Crippen molar-refractivity contribution in [2.45, 2.75) is 335 Å². The maximum atomic E-state index is 12.8. The molecule has 0 bridgehead atoms. The van der Waals surface area contributed by atoms with Crippen molar-refractivity contribution in [2.24, 2.45) is 0 Å². The molecule has 2 unspecified atom stereocenters. The minimum atomic E-state index is -4.64. The minimum Gasteiger partial charge on any atom is -0.756 e. The molecule has 0 rings (SSSR count). The van der Waals surface area contributed by atoms with Gasteiger partial charge in [0, 0.05) is 12.8 Å². The number of quaternary nitrogens is 1. The molecule has 0 N–H and O–H groups in total. The number of allylic oxidation sites excluding steroid dienone is 6. The monoisotopic (exact) mass is 1110 g/mol. The number of nitrogens with zero attached hydrogens (tertiary/aromatic N) is 1. The van der Waals surface area contributed by atoms with Crippen molar-refractivity contribution in [3.05, 3.63) is 36.5 Å². The van der Waals surface area contributed by atoms with Crippen LogP contribution in [0.1, 0.15) is 328 Å². The molecule has 2 atom stereocenters. The number of hydrogen-bond acceptors (Lipinski definition) is 8. The second-order valence-electron chi connectivity index (χ2n) is 23.8. The molecule has 0 amide bonds. The quantitative estimate of drug-likeness (QED) is 0.0195. The van der Waals surface area contributed by atoms with Gasteiger partial charge in [-0.1, -0.05) is 301 Å². The molecule has 9 nitrogen and oxygen atoms in total. The molecule has 0 radical (unpaired) electrons. The average molecular weight is 1110 g/mol. The summed E-state index contributed by atoms with van der Waals surface area (Å²) in [5.74, 6) is -0.815. The van der Waals surface area contributed by atoms with Crippen LogP contribution in [-0.4, -0.2) is 70.0 Å². The summed E-state index contributed by atoms with van der Waals surface area (Å²) >= 11 is 0. The van der Waals surface area contributed by atoms with E-state index in [0.29, 0.717) is 17.4 Å². The molecule has 0 heterocycles. The van der Waals surface area contributed by atoms with E-state index < -0.39 is 26.5 Å². The molecule has 0 saturated heterocycles. The number of rotatable bonds is 62. The maximum Gasteiger partial charge on any atom is 0.306 e. The first kappa shape index (κ1) is 75.2. The zero-order valence-corrected chi connectivity index (χ0v) is 52.6. The fraction of sp³-hybridized carbons (Fsp3) is 0.881. The van der Waals surface area contributed by atoms with Crippen LogP contribution in [0.3, 0.4) is 0 Å². The second-order valence-corrected chi connectivity index (χ2v) is 25.3. The lowest BCUT2D eigenvalue weighted by molar-refractivity contribution is -0.870. The van der Waals surface area contributed by atoms with Crippen LogP contribution in [0.15, 0.2) is 36.5 Å². The van der Waals surface area contributed by atoms with E-state index >= 15 is 0 Å². The van der Waals surface area contributed by atoms with E-state index in [1.807, 2.05) is 21.1 Å². The Hall–Kier alpha value is -1.77. The van der Waals surface area contributed by atoms with E-state index in [0.717, 1.165) is 51.4 Å². The predicted octanol–water partition coefficient (Wildman–Crippen LogP) is 20.5. The smallest absolute Gasteiger partial charge is 0.306 e. The van der Waals surface area contributed by atoms with Crippen molar-refractivity contribution in [3.63, 3.8) is 0 Å². The first-order valence-electron chi connectivity index (χ1n) is 33.2. The number of likely N-dealkylation sites (N-methyl/N-ethyl adjacent to an activating group) is 1. The summed E-state index contributed by atoms with van der Waals surface area (Å²) in [6.45, 7) is 4.29. The van der Waals surface area contributed by atoms with Crippen LogP contribution in [-0.2, 0) is 32.7 Å².